The lowest BCUT2D eigenvalue weighted by Crippen LogP contribution is -2.32. The predicted octanol–water partition coefficient (Wildman–Crippen LogP) is 5.61. The number of nitrogens with zero attached hydrogens (tertiary/aromatic N) is 3. The van der Waals surface area contributed by atoms with Crippen LogP contribution in [0, 0.1) is 11.6 Å². The van der Waals surface area contributed by atoms with Gasteiger partial charge in [0.1, 0.15) is 29.7 Å². The summed E-state index contributed by atoms with van der Waals surface area (Å²) in [7, 11) is 0. The maximum Gasteiger partial charge on any atom is 0.425 e. The van der Waals surface area contributed by atoms with Gasteiger partial charge in [-0.15, -0.1) is 5.10 Å². The van der Waals surface area contributed by atoms with Gasteiger partial charge in [0.15, 0.2) is 18.2 Å². The fourth-order valence-electron chi connectivity index (χ4n) is 4.06. The molecule has 1 fully saturated rings. The maximum absolute atomic E-state index is 15.4. The Morgan fingerprint density at radius 2 is 2.00 bits per heavy atom. The van der Waals surface area contributed by atoms with Gasteiger partial charge < -0.3 is 19.5 Å². The number of benzene rings is 2. The number of carbonyl (C=O) groups is 1. The summed E-state index contributed by atoms with van der Waals surface area (Å²) in [6, 6.07) is 4.85. The van der Waals surface area contributed by atoms with Crippen LogP contribution in [0.5, 0.6) is 5.75 Å². The molecule has 1 aromatic heterocycles. The Kier molecular flexibility index (Phi) is 9.34. The number of ether oxygens (including phenoxy) is 3. The SMILES string of the molecule is CCn1c(COC2CCCCO2)nn(-c2cc(OC(C)C(F)(F)F)c(C(=O)Nc3c(F)cccc3Cl)cc2F)c1=O. The van der Waals surface area contributed by atoms with E-state index in [0.29, 0.717) is 30.7 Å². The van der Waals surface area contributed by atoms with Crippen LogP contribution in [0.3, 0.4) is 0 Å². The van der Waals surface area contributed by atoms with Crippen LogP contribution in [0.4, 0.5) is 27.6 Å². The van der Waals surface area contributed by atoms with Crippen molar-refractivity contribution in [3.8, 4) is 11.4 Å². The van der Waals surface area contributed by atoms with Gasteiger partial charge in [-0.05, 0) is 51.3 Å². The van der Waals surface area contributed by atoms with E-state index in [1.165, 1.54) is 16.7 Å². The molecule has 2 unspecified atom stereocenters. The number of carbonyl (C=O) groups excluding carboxylic acids is 1. The van der Waals surface area contributed by atoms with Crippen molar-refractivity contribution < 1.29 is 41.0 Å². The third-order valence-electron chi connectivity index (χ3n) is 6.28. The highest BCUT2D eigenvalue weighted by Crippen LogP contribution is 2.32. The summed E-state index contributed by atoms with van der Waals surface area (Å²) in [5.74, 6) is -3.94. The first-order valence-corrected chi connectivity index (χ1v) is 13.0. The summed E-state index contributed by atoms with van der Waals surface area (Å²) in [6.45, 7) is 2.82. The van der Waals surface area contributed by atoms with Gasteiger partial charge in [0.25, 0.3) is 5.91 Å². The van der Waals surface area contributed by atoms with Gasteiger partial charge in [-0.2, -0.15) is 17.9 Å². The third kappa shape index (κ3) is 6.88. The molecule has 1 aliphatic rings. The Morgan fingerprint density at radius 1 is 1.24 bits per heavy atom. The lowest BCUT2D eigenvalue weighted by atomic mass is 10.1. The van der Waals surface area contributed by atoms with Crippen molar-refractivity contribution in [2.75, 3.05) is 11.9 Å². The Balaban J connectivity index is 1.74. The van der Waals surface area contributed by atoms with Crippen molar-refractivity contribution in [1.82, 2.24) is 14.3 Å². The molecule has 1 amide bonds. The first kappa shape index (κ1) is 30.5. The van der Waals surface area contributed by atoms with E-state index in [0.717, 1.165) is 25.0 Å². The third-order valence-corrected chi connectivity index (χ3v) is 6.59. The zero-order chi connectivity index (χ0) is 29.9. The highest BCUT2D eigenvalue weighted by atomic mass is 35.5. The van der Waals surface area contributed by atoms with Crippen molar-refractivity contribution in [1.29, 1.82) is 0 Å². The number of nitrogens with one attached hydrogen (secondary N) is 1. The zero-order valence-corrected chi connectivity index (χ0v) is 22.7. The van der Waals surface area contributed by atoms with Gasteiger partial charge in [-0.3, -0.25) is 9.36 Å². The van der Waals surface area contributed by atoms with Crippen LogP contribution in [-0.2, 0) is 22.6 Å². The quantitative estimate of drug-likeness (QED) is 0.319. The van der Waals surface area contributed by atoms with Crippen LogP contribution in [0.25, 0.3) is 5.69 Å². The smallest absolute Gasteiger partial charge is 0.425 e. The molecule has 2 aromatic carbocycles. The summed E-state index contributed by atoms with van der Waals surface area (Å²) in [4.78, 5) is 26.1. The van der Waals surface area contributed by atoms with E-state index in [1.54, 1.807) is 6.92 Å². The van der Waals surface area contributed by atoms with Gasteiger partial charge in [-0.25, -0.2) is 13.6 Å². The van der Waals surface area contributed by atoms with E-state index < -0.39 is 64.5 Å². The topological polar surface area (TPSA) is 96.6 Å². The predicted molar refractivity (Wildman–Crippen MR) is 137 cm³/mol. The molecule has 2 atom stereocenters. The second-order valence-electron chi connectivity index (χ2n) is 9.11. The molecule has 2 heterocycles. The Bertz CT molecular complexity index is 1450. The van der Waals surface area contributed by atoms with E-state index in [2.05, 4.69) is 10.4 Å². The second kappa shape index (κ2) is 12.6. The average molecular weight is 605 g/mol. The lowest BCUT2D eigenvalue weighted by Gasteiger charge is -2.22. The molecule has 0 spiro atoms. The minimum Gasteiger partial charge on any atom is -0.480 e. The van der Waals surface area contributed by atoms with E-state index in [1.807, 2.05) is 0 Å². The largest absolute Gasteiger partial charge is 0.480 e. The number of amides is 1. The summed E-state index contributed by atoms with van der Waals surface area (Å²) in [5, 5.41) is 6.05. The van der Waals surface area contributed by atoms with Gasteiger partial charge in [-0.1, -0.05) is 17.7 Å². The fraction of sp³-hybridized carbons (Fsp3) is 0.423. The number of hydrogen-bond donors (Lipinski definition) is 1. The molecule has 0 radical (unpaired) electrons. The van der Waals surface area contributed by atoms with Crippen molar-refractivity contribution >= 4 is 23.2 Å². The van der Waals surface area contributed by atoms with Crippen LogP contribution in [-0.4, -0.2) is 45.4 Å². The molecule has 1 saturated heterocycles. The normalized spacial score (nSPS) is 16.4. The standard InChI is InChI=1S/C26H26ClF5N4O5/c1-3-35-21(13-40-22-9-4-5-10-39-22)34-36(25(35)38)19-12-20(41-14(2)26(30,31)32)15(11-18(19)29)24(37)33-23-16(27)7-6-8-17(23)28/h6-8,11-12,14,22H,3-5,9-10,13H2,1-2H3,(H,33,37). The molecule has 1 N–H and O–H groups in total. The average Bonchev–Trinajstić information content (AvgIpc) is 3.24. The van der Waals surface area contributed by atoms with E-state index >= 15 is 4.39 Å². The maximum atomic E-state index is 15.4. The molecule has 4 rings (SSSR count). The van der Waals surface area contributed by atoms with Gasteiger partial charge in [0.2, 0.25) is 0 Å². The molecule has 1 aliphatic heterocycles. The van der Waals surface area contributed by atoms with Crippen molar-refractivity contribution in [3.05, 3.63) is 68.9 Å². The highest BCUT2D eigenvalue weighted by Gasteiger charge is 2.39. The van der Waals surface area contributed by atoms with E-state index in [4.69, 9.17) is 25.8 Å². The van der Waals surface area contributed by atoms with Crippen LogP contribution in [0.1, 0.15) is 49.3 Å². The minimum atomic E-state index is -4.86. The summed E-state index contributed by atoms with van der Waals surface area (Å²) in [6.07, 6.45) is -5.36. The molecule has 3 aromatic rings. The zero-order valence-electron chi connectivity index (χ0n) is 21.9. The van der Waals surface area contributed by atoms with Gasteiger partial charge in [0.05, 0.1) is 16.3 Å². The van der Waals surface area contributed by atoms with Crippen molar-refractivity contribution in [2.24, 2.45) is 0 Å². The number of aromatic nitrogens is 3. The lowest BCUT2D eigenvalue weighted by molar-refractivity contribution is -0.189. The van der Waals surface area contributed by atoms with Crippen LogP contribution in [0.2, 0.25) is 5.02 Å². The number of rotatable bonds is 9. The van der Waals surface area contributed by atoms with Crippen LogP contribution < -0.4 is 15.7 Å². The number of hydrogen-bond acceptors (Lipinski definition) is 6. The molecule has 9 nitrogen and oxygen atoms in total. The molecular weight excluding hydrogens is 579 g/mol. The van der Waals surface area contributed by atoms with E-state index in [9.17, 15) is 27.2 Å². The molecule has 0 bridgehead atoms. The Labute approximate surface area is 235 Å². The Morgan fingerprint density at radius 3 is 2.63 bits per heavy atom. The van der Waals surface area contributed by atoms with Crippen LogP contribution >= 0.6 is 11.6 Å². The highest BCUT2D eigenvalue weighted by molar-refractivity contribution is 6.34. The fourth-order valence-corrected chi connectivity index (χ4v) is 4.27. The number of alkyl halides is 3. The first-order valence-electron chi connectivity index (χ1n) is 12.6. The summed E-state index contributed by atoms with van der Waals surface area (Å²) >= 11 is 5.93. The second-order valence-corrected chi connectivity index (χ2v) is 9.52. The van der Waals surface area contributed by atoms with Crippen molar-refractivity contribution in [3.63, 3.8) is 0 Å². The van der Waals surface area contributed by atoms with E-state index in [-0.39, 0.29) is 24.0 Å². The summed E-state index contributed by atoms with van der Waals surface area (Å²) < 4.78 is 87.8. The first-order chi connectivity index (χ1) is 19.4. The molecule has 0 saturated carbocycles. The molecular formula is C26H26ClF5N4O5. The molecule has 41 heavy (non-hydrogen) atoms. The number of anilines is 1. The molecule has 0 aliphatic carbocycles. The number of halogens is 6. The number of para-hydroxylation sites is 1. The van der Waals surface area contributed by atoms with Crippen LogP contribution in [0.15, 0.2) is 35.1 Å². The monoisotopic (exact) mass is 604 g/mol. The summed E-state index contributed by atoms with van der Waals surface area (Å²) in [5.41, 5.74) is -2.56. The Hall–Kier alpha value is -3.49. The molecule has 15 heteroatoms. The van der Waals surface area contributed by atoms with Crippen molar-refractivity contribution in [2.45, 2.75) is 64.8 Å². The minimum absolute atomic E-state index is 0.119. The van der Waals surface area contributed by atoms with Gasteiger partial charge in [0, 0.05) is 19.2 Å². The van der Waals surface area contributed by atoms with Gasteiger partial charge >= 0.3 is 11.9 Å². The molecule has 222 valence electrons.